The minimum atomic E-state index is -1.36. The van der Waals surface area contributed by atoms with E-state index in [1.807, 2.05) is 84.9 Å². The van der Waals surface area contributed by atoms with Crippen LogP contribution in [0.4, 0.5) is 4.39 Å². The molecule has 7 nitrogen and oxygen atoms in total. The van der Waals surface area contributed by atoms with Crippen molar-refractivity contribution in [3.05, 3.63) is 136 Å². The van der Waals surface area contributed by atoms with Crippen LogP contribution in [0.1, 0.15) is 34.8 Å². The van der Waals surface area contributed by atoms with Gasteiger partial charge in [-0.05, 0) is 65.6 Å². The lowest BCUT2D eigenvalue weighted by atomic mass is 9.82. The maximum absolute atomic E-state index is 14.2. The van der Waals surface area contributed by atoms with Crippen molar-refractivity contribution in [2.45, 2.75) is 30.9 Å². The van der Waals surface area contributed by atoms with Gasteiger partial charge in [0.1, 0.15) is 11.6 Å². The number of nitrogens with zero attached hydrogens (tertiary/aromatic N) is 1. The fraction of sp³-hybridized carbons (Fsp3) is 0.235. The van der Waals surface area contributed by atoms with Crippen LogP contribution in [0, 0.1) is 5.82 Å². The molecule has 1 heterocycles. The molecule has 0 saturated carbocycles. The summed E-state index contributed by atoms with van der Waals surface area (Å²) in [6.07, 6.45) is 0.604. The second-order valence-electron chi connectivity index (χ2n) is 10.2. The van der Waals surface area contributed by atoms with Gasteiger partial charge in [-0.1, -0.05) is 76.6 Å². The Labute approximate surface area is 258 Å². The highest BCUT2D eigenvalue weighted by atomic mass is 79.9. The Kier molecular flexibility index (Phi) is 10.2. The lowest BCUT2D eigenvalue weighted by molar-refractivity contribution is -0.130. The summed E-state index contributed by atoms with van der Waals surface area (Å²) in [5, 5.41) is 9.03. The molecule has 222 valence electrons. The number of amides is 1. The molecule has 0 aliphatic carbocycles. The average molecular weight is 647 g/mol. The van der Waals surface area contributed by atoms with Crippen molar-refractivity contribution in [3.63, 3.8) is 0 Å². The Morgan fingerprint density at radius 3 is 2.51 bits per heavy atom. The molecular weight excluding hydrogens is 613 g/mol. The summed E-state index contributed by atoms with van der Waals surface area (Å²) >= 11 is 3.65. The zero-order valence-electron chi connectivity index (χ0n) is 23.5. The molecule has 1 amide bonds. The van der Waals surface area contributed by atoms with E-state index in [1.54, 1.807) is 6.07 Å². The average Bonchev–Trinajstić information content (AvgIpc) is 3.42. The van der Waals surface area contributed by atoms with Crippen molar-refractivity contribution >= 4 is 27.7 Å². The Morgan fingerprint density at radius 2 is 1.77 bits per heavy atom. The summed E-state index contributed by atoms with van der Waals surface area (Å²) in [5.74, 6) is 0.359. The van der Waals surface area contributed by atoms with Crippen molar-refractivity contribution in [3.8, 4) is 5.75 Å². The van der Waals surface area contributed by atoms with Gasteiger partial charge in [0.05, 0.1) is 6.61 Å². The first-order valence-corrected chi connectivity index (χ1v) is 14.9. The Bertz CT molecular complexity index is 1550. The van der Waals surface area contributed by atoms with Crippen LogP contribution in [0.5, 0.6) is 5.75 Å². The summed E-state index contributed by atoms with van der Waals surface area (Å²) < 4.78 is 26.7. The molecule has 0 saturated heterocycles. The molecule has 0 bridgehead atoms. The summed E-state index contributed by atoms with van der Waals surface area (Å²) in [7, 11) is 0. The van der Waals surface area contributed by atoms with Crippen molar-refractivity contribution in [2.75, 3.05) is 19.8 Å². The summed E-state index contributed by atoms with van der Waals surface area (Å²) in [5.41, 5.74) is 7.78. The number of carbonyl (C=O) groups excluding carboxylic acids is 1. The fourth-order valence-electron chi connectivity index (χ4n) is 4.99. The number of aliphatic hydroxyl groups excluding tert-OH is 1. The molecule has 2 atom stereocenters. The van der Waals surface area contributed by atoms with Gasteiger partial charge in [0, 0.05) is 36.0 Å². The number of benzene rings is 4. The number of hydrogen-bond donors (Lipinski definition) is 3. The highest BCUT2D eigenvalue weighted by molar-refractivity contribution is 9.10. The molecule has 3 N–H and O–H groups in total. The second-order valence-corrected chi connectivity index (χ2v) is 11.1. The number of hydrazine groups is 1. The molecule has 0 radical (unpaired) electrons. The van der Waals surface area contributed by atoms with Crippen LogP contribution in [0.2, 0.25) is 0 Å². The van der Waals surface area contributed by atoms with Crippen molar-refractivity contribution in [1.29, 1.82) is 0 Å². The molecular formula is C34H33BrFN3O4. The fourth-order valence-corrected chi connectivity index (χ4v) is 5.42. The molecule has 0 fully saturated rings. The van der Waals surface area contributed by atoms with Gasteiger partial charge in [-0.25, -0.2) is 14.8 Å². The van der Waals surface area contributed by atoms with Crippen LogP contribution in [0.3, 0.4) is 0 Å². The van der Waals surface area contributed by atoms with E-state index in [4.69, 9.17) is 19.6 Å². The highest BCUT2D eigenvalue weighted by Crippen LogP contribution is 2.43. The van der Waals surface area contributed by atoms with Gasteiger partial charge in [-0.15, -0.1) is 0 Å². The van der Waals surface area contributed by atoms with E-state index in [0.717, 1.165) is 21.2 Å². The molecule has 43 heavy (non-hydrogen) atoms. The highest BCUT2D eigenvalue weighted by Gasteiger charge is 2.53. The third-order valence-corrected chi connectivity index (χ3v) is 7.95. The Balaban J connectivity index is 1.46. The standard InChI is InChI=1S/C34H33BrFN3O4/c35-30-13-5-4-11-27(30)23-34(33(41)39-37-19-18-24-8-6-12-28(36)22-24)31(25-9-2-1-3-10-25)43-32(38-34)26-14-16-29(17-15-26)42-21-7-20-40/h1-6,8-17,22,31,37,40H,7,18-21,23H2,(H,39,41)/t31-,34-/m0/s1. The quantitative estimate of drug-likeness (QED) is 0.128. The minimum Gasteiger partial charge on any atom is -0.494 e. The molecule has 0 aromatic heterocycles. The van der Waals surface area contributed by atoms with Gasteiger partial charge in [0.25, 0.3) is 5.91 Å². The SMILES string of the molecule is O=C(NNCCc1cccc(F)c1)[C@@]1(Cc2ccccc2Br)N=C(c2ccc(OCCCO)cc2)O[C@H]1c1ccccc1. The normalized spacial score (nSPS) is 17.7. The van der Waals surface area contributed by atoms with Gasteiger partial charge >= 0.3 is 0 Å². The number of nitrogens with one attached hydrogen (secondary N) is 2. The van der Waals surface area contributed by atoms with Crippen LogP contribution >= 0.6 is 15.9 Å². The summed E-state index contributed by atoms with van der Waals surface area (Å²) in [4.78, 5) is 19.3. The summed E-state index contributed by atoms with van der Waals surface area (Å²) in [6.45, 7) is 0.862. The number of aliphatic hydroxyl groups is 1. The Morgan fingerprint density at radius 1 is 1.00 bits per heavy atom. The predicted molar refractivity (Wildman–Crippen MR) is 167 cm³/mol. The Hall–Kier alpha value is -4.05. The zero-order valence-corrected chi connectivity index (χ0v) is 25.1. The van der Waals surface area contributed by atoms with E-state index >= 15 is 0 Å². The minimum absolute atomic E-state index is 0.0605. The van der Waals surface area contributed by atoms with Gasteiger partial charge in [-0.3, -0.25) is 10.2 Å². The number of hydrogen-bond acceptors (Lipinski definition) is 6. The van der Waals surface area contributed by atoms with Crippen LogP contribution < -0.4 is 15.6 Å². The van der Waals surface area contributed by atoms with Crippen molar-refractivity contribution < 1.29 is 23.8 Å². The molecule has 4 aromatic rings. The first kappa shape index (κ1) is 30.4. The van der Waals surface area contributed by atoms with E-state index in [-0.39, 0.29) is 24.8 Å². The topological polar surface area (TPSA) is 92.2 Å². The zero-order chi connectivity index (χ0) is 30.1. The lowest BCUT2D eigenvalue weighted by Gasteiger charge is -2.31. The van der Waals surface area contributed by atoms with Crippen LogP contribution in [0.15, 0.2) is 113 Å². The molecule has 9 heteroatoms. The maximum atomic E-state index is 14.2. The predicted octanol–water partition coefficient (Wildman–Crippen LogP) is 5.71. The first-order valence-electron chi connectivity index (χ1n) is 14.2. The smallest absolute Gasteiger partial charge is 0.266 e. The number of rotatable bonds is 13. The molecule has 4 aromatic carbocycles. The summed E-state index contributed by atoms with van der Waals surface area (Å²) in [6, 6.07) is 31.1. The van der Waals surface area contributed by atoms with Gasteiger partial charge in [-0.2, -0.15) is 0 Å². The van der Waals surface area contributed by atoms with E-state index in [0.29, 0.717) is 43.2 Å². The maximum Gasteiger partial charge on any atom is 0.266 e. The molecule has 1 aliphatic rings. The van der Waals surface area contributed by atoms with E-state index in [9.17, 15) is 9.18 Å². The first-order chi connectivity index (χ1) is 21.0. The molecule has 0 spiro atoms. The van der Waals surface area contributed by atoms with Crippen molar-refractivity contribution in [2.24, 2.45) is 4.99 Å². The van der Waals surface area contributed by atoms with Crippen LogP contribution in [0.25, 0.3) is 0 Å². The molecule has 1 aliphatic heterocycles. The lowest BCUT2D eigenvalue weighted by Crippen LogP contribution is -2.54. The van der Waals surface area contributed by atoms with Gasteiger partial charge in [0.2, 0.25) is 5.90 Å². The van der Waals surface area contributed by atoms with Crippen LogP contribution in [-0.4, -0.2) is 42.2 Å². The molecule has 0 unspecified atom stereocenters. The number of carbonyl (C=O) groups is 1. The van der Waals surface area contributed by atoms with Gasteiger partial charge < -0.3 is 14.6 Å². The third-order valence-electron chi connectivity index (χ3n) is 7.18. The second kappa shape index (κ2) is 14.4. The number of halogens is 2. The monoisotopic (exact) mass is 645 g/mol. The van der Waals surface area contributed by atoms with E-state index in [1.165, 1.54) is 12.1 Å². The molecule has 5 rings (SSSR count). The number of ether oxygens (including phenoxy) is 2. The van der Waals surface area contributed by atoms with E-state index < -0.39 is 11.6 Å². The van der Waals surface area contributed by atoms with E-state index in [2.05, 4.69) is 26.8 Å². The van der Waals surface area contributed by atoms with Crippen molar-refractivity contribution in [1.82, 2.24) is 10.9 Å². The van der Waals surface area contributed by atoms with Gasteiger partial charge in [0.15, 0.2) is 11.6 Å². The van der Waals surface area contributed by atoms with Crippen LogP contribution in [-0.2, 0) is 22.4 Å². The number of aliphatic imine (C=N–C) groups is 1. The largest absolute Gasteiger partial charge is 0.494 e. The third kappa shape index (κ3) is 7.48.